The first kappa shape index (κ1) is 13.4. The Labute approximate surface area is 68.3 Å². The summed E-state index contributed by atoms with van der Waals surface area (Å²) in [6, 6.07) is 0. The summed E-state index contributed by atoms with van der Waals surface area (Å²) in [4.78, 5) is 0. The fourth-order valence-electron chi connectivity index (χ4n) is 0.0667. The van der Waals surface area contributed by atoms with Crippen molar-refractivity contribution in [3.63, 3.8) is 0 Å². The summed E-state index contributed by atoms with van der Waals surface area (Å²) in [5, 5.41) is 3.58. The lowest BCUT2D eigenvalue weighted by molar-refractivity contribution is 0.381. The predicted octanol–water partition coefficient (Wildman–Crippen LogP) is -3.43. The standard InChI is InChI=1S/CH8N6.H2O4S/c2-1(6-3)7(4)5;1-5(2,3)4/h3-5H2,(H2,2,6);(H2,1,2,3,4). The molecule has 0 aromatic carbocycles. The van der Waals surface area contributed by atoms with Crippen molar-refractivity contribution < 1.29 is 17.5 Å². The Kier molecular flexibility index (Phi) is 6.17. The fourth-order valence-corrected chi connectivity index (χ4v) is 0.0667. The quantitative estimate of drug-likeness (QED) is 0.0761. The van der Waals surface area contributed by atoms with Gasteiger partial charge in [-0.3, -0.25) is 9.11 Å². The van der Waals surface area contributed by atoms with E-state index in [1.807, 2.05) is 0 Å². The highest BCUT2D eigenvalue weighted by atomic mass is 32.3. The molecule has 0 heterocycles. The Morgan fingerprint density at radius 2 is 1.58 bits per heavy atom. The number of guanidine groups is 1. The highest BCUT2D eigenvalue weighted by Gasteiger charge is 1.88. The van der Waals surface area contributed by atoms with Gasteiger partial charge in [0, 0.05) is 0 Å². The van der Waals surface area contributed by atoms with Gasteiger partial charge in [0.1, 0.15) is 0 Å². The van der Waals surface area contributed by atoms with Crippen LogP contribution in [0.15, 0.2) is 5.10 Å². The van der Waals surface area contributed by atoms with Crippen LogP contribution in [0.25, 0.3) is 0 Å². The van der Waals surface area contributed by atoms with E-state index in [0.29, 0.717) is 5.12 Å². The molecule has 0 saturated carbocycles. The average Bonchev–Trinajstić information content (AvgIpc) is 1.82. The van der Waals surface area contributed by atoms with Gasteiger partial charge in [0.15, 0.2) is 0 Å². The highest BCUT2D eigenvalue weighted by molar-refractivity contribution is 7.79. The number of rotatable bonds is 0. The zero-order chi connectivity index (χ0) is 10.4. The van der Waals surface area contributed by atoms with E-state index in [4.69, 9.17) is 34.9 Å². The Morgan fingerprint density at radius 3 is 1.58 bits per heavy atom. The van der Waals surface area contributed by atoms with Gasteiger partial charge in [0.05, 0.1) is 0 Å². The van der Waals surface area contributed by atoms with Crippen molar-refractivity contribution in [3.8, 4) is 0 Å². The van der Waals surface area contributed by atoms with E-state index in [0.717, 1.165) is 0 Å². The van der Waals surface area contributed by atoms with Gasteiger partial charge in [-0.05, 0) is 0 Å². The lowest BCUT2D eigenvalue weighted by Crippen LogP contribution is -2.48. The van der Waals surface area contributed by atoms with Gasteiger partial charge in [0.25, 0.3) is 0 Å². The molecule has 0 spiro atoms. The number of hydrogen-bond acceptors (Lipinski definition) is 6. The minimum Gasteiger partial charge on any atom is -0.366 e. The van der Waals surface area contributed by atoms with Gasteiger partial charge < -0.3 is 11.6 Å². The third-order valence-corrected chi connectivity index (χ3v) is 0.397. The van der Waals surface area contributed by atoms with Gasteiger partial charge in [-0.2, -0.15) is 8.42 Å². The Morgan fingerprint density at radius 1 is 1.33 bits per heavy atom. The normalized spacial score (nSPS) is 11.5. The minimum atomic E-state index is -4.67. The van der Waals surface area contributed by atoms with Crippen LogP contribution in [0.5, 0.6) is 0 Å². The monoisotopic (exact) mass is 202 g/mol. The van der Waals surface area contributed by atoms with Crippen LogP contribution in [0.1, 0.15) is 0 Å². The number of hydrazone groups is 1. The summed E-state index contributed by atoms with van der Waals surface area (Å²) in [7, 11) is -4.67. The maximum Gasteiger partial charge on any atom is 0.394 e. The van der Waals surface area contributed by atoms with Crippen LogP contribution in [0.2, 0.25) is 0 Å². The van der Waals surface area contributed by atoms with E-state index in [1.165, 1.54) is 0 Å². The molecule has 0 saturated heterocycles. The first-order valence-electron chi connectivity index (χ1n) is 2.21. The van der Waals surface area contributed by atoms with Crippen molar-refractivity contribution in [1.29, 1.82) is 0 Å². The zero-order valence-corrected chi connectivity index (χ0v) is 6.64. The third-order valence-electron chi connectivity index (χ3n) is 0.397. The van der Waals surface area contributed by atoms with E-state index in [2.05, 4.69) is 10.9 Å². The number of hydrogen-bond donors (Lipinski definition) is 6. The molecule has 0 aliphatic rings. The molecule has 0 amide bonds. The van der Waals surface area contributed by atoms with E-state index in [1.54, 1.807) is 0 Å². The molecule has 10 N–H and O–H groups in total. The first-order chi connectivity index (χ1) is 5.18. The van der Waals surface area contributed by atoms with E-state index in [9.17, 15) is 0 Å². The summed E-state index contributed by atoms with van der Waals surface area (Å²) in [6.07, 6.45) is 0. The van der Waals surface area contributed by atoms with Gasteiger partial charge in [0.2, 0.25) is 5.96 Å². The van der Waals surface area contributed by atoms with Gasteiger partial charge in [-0.1, -0.05) is 0 Å². The third kappa shape index (κ3) is 23.2. The molecule has 0 aliphatic carbocycles. The molecule has 0 aromatic heterocycles. The highest BCUT2D eigenvalue weighted by Crippen LogP contribution is 1.59. The van der Waals surface area contributed by atoms with Crippen LogP contribution in [0, 0.1) is 0 Å². The van der Waals surface area contributed by atoms with Gasteiger partial charge in [-0.15, -0.1) is 5.10 Å². The second-order valence-corrected chi connectivity index (χ2v) is 2.24. The molecule has 74 valence electrons. The lowest BCUT2D eigenvalue weighted by atomic mass is 11.0. The van der Waals surface area contributed by atoms with Gasteiger partial charge in [-0.25, -0.2) is 16.8 Å². The topological polar surface area (TPSA) is 194 Å². The molecule has 12 heavy (non-hydrogen) atoms. The molecule has 0 radical (unpaired) electrons. The summed E-state index contributed by atoms with van der Waals surface area (Å²) >= 11 is 0. The lowest BCUT2D eigenvalue weighted by Gasteiger charge is -2.06. The molecule has 0 fully saturated rings. The van der Waals surface area contributed by atoms with Crippen LogP contribution in [-0.2, 0) is 10.4 Å². The van der Waals surface area contributed by atoms with Crippen LogP contribution in [0.4, 0.5) is 0 Å². The van der Waals surface area contributed by atoms with Crippen molar-refractivity contribution >= 4 is 16.4 Å². The Hall–Kier alpha value is -1.14. The molecule has 0 atom stereocenters. The zero-order valence-electron chi connectivity index (χ0n) is 5.82. The van der Waals surface area contributed by atoms with Crippen molar-refractivity contribution in [1.82, 2.24) is 5.12 Å². The van der Waals surface area contributed by atoms with E-state index >= 15 is 0 Å². The molecule has 0 aliphatic heterocycles. The summed E-state index contributed by atoms with van der Waals surface area (Å²) in [6.45, 7) is 0. The summed E-state index contributed by atoms with van der Waals surface area (Å²) in [5.41, 5.74) is 4.92. The van der Waals surface area contributed by atoms with Gasteiger partial charge >= 0.3 is 10.4 Å². The second kappa shape index (κ2) is 5.50. The Balaban J connectivity index is 0. The first-order valence-corrected chi connectivity index (χ1v) is 3.61. The fraction of sp³-hybridized carbons (Fsp3) is 0. The van der Waals surface area contributed by atoms with E-state index in [-0.39, 0.29) is 5.96 Å². The van der Waals surface area contributed by atoms with Crippen molar-refractivity contribution in [2.24, 2.45) is 28.4 Å². The summed E-state index contributed by atoms with van der Waals surface area (Å²) < 4.78 is 31.6. The largest absolute Gasteiger partial charge is 0.394 e. The molecule has 0 rings (SSSR count). The van der Waals surface area contributed by atoms with Crippen LogP contribution in [0.3, 0.4) is 0 Å². The maximum absolute atomic E-state index is 8.74. The predicted molar refractivity (Wildman–Crippen MR) is 40.2 cm³/mol. The van der Waals surface area contributed by atoms with Crippen molar-refractivity contribution in [3.05, 3.63) is 0 Å². The van der Waals surface area contributed by atoms with Crippen LogP contribution >= 0.6 is 0 Å². The number of hydrazine groups is 2. The smallest absolute Gasteiger partial charge is 0.366 e. The minimum absolute atomic E-state index is 0.111. The average molecular weight is 202 g/mol. The second-order valence-electron chi connectivity index (χ2n) is 1.34. The SMILES string of the molecule is NN=C(N)N(N)N.O=S(=O)(O)O. The van der Waals surface area contributed by atoms with Crippen molar-refractivity contribution in [2.75, 3.05) is 0 Å². The number of nitrogens with two attached hydrogens (primary N) is 4. The molecule has 0 bridgehead atoms. The Bertz CT molecular complexity index is 222. The molecular weight excluding hydrogens is 192 g/mol. The molecule has 10 nitrogen and oxygen atoms in total. The molecule has 11 heteroatoms. The van der Waals surface area contributed by atoms with E-state index < -0.39 is 10.4 Å². The van der Waals surface area contributed by atoms with Crippen molar-refractivity contribution in [2.45, 2.75) is 0 Å². The molecule has 0 unspecified atom stereocenters. The van der Waals surface area contributed by atoms with Crippen LogP contribution < -0.4 is 23.3 Å². The summed E-state index contributed by atoms with van der Waals surface area (Å²) in [5.74, 6) is 14.2. The molecular formula is CH10N6O4S. The van der Waals surface area contributed by atoms with Crippen LogP contribution in [-0.4, -0.2) is 28.6 Å². The maximum atomic E-state index is 8.74. The molecule has 0 aromatic rings. The number of nitrogens with zero attached hydrogens (tertiary/aromatic N) is 2.